The summed E-state index contributed by atoms with van der Waals surface area (Å²) < 4.78 is 1.96. The van der Waals surface area contributed by atoms with E-state index in [4.69, 9.17) is 5.73 Å². The molecule has 6 rings (SSSR count). The Kier molecular flexibility index (Phi) is 7.93. The molecule has 4 aromatic rings. The molecule has 0 radical (unpaired) electrons. The summed E-state index contributed by atoms with van der Waals surface area (Å²) in [5.74, 6) is 2.13. The zero-order valence-electron chi connectivity index (χ0n) is 22.1. The number of aromatic nitrogens is 4. The van der Waals surface area contributed by atoms with Gasteiger partial charge < -0.3 is 16.0 Å². The second-order valence-electron chi connectivity index (χ2n) is 10.5. The van der Waals surface area contributed by atoms with Crippen LogP contribution in [0.15, 0.2) is 66.7 Å². The number of aromatic amines is 1. The first-order chi connectivity index (χ1) is 18.1. The van der Waals surface area contributed by atoms with Crippen molar-refractivity contribution in [3.8, 4) is 11.4 Å². The van der Waals surface area contributed by atoms with Gasteiger partial charge in [-0.15, -0.1) is 0 Å². The Hall–Kier alpha value is -3.54. The number of nitrogens with one attached hydrogen (secondary N) is 2. The van der Waals surface area contributed by atoms with Crippen LogP contribution in [-0.4, -0.2) is 25.9 Å². The molecular weight excluding hydrogens is 456 g/mol. The van der Waals surface area contributed by atoms with E-state index in [1.54, 1.807) is 11.8 Å². The van der Waals surface area contributed by atoms with Crippen LogP contribution in [0, 0.1) is 12.8 Å². The number of benzene rings is 1. The number of H-pyrrole nitrogens is 1. The number of aryl methyl sites for hydroxylation is 1. The van der Waals surface area contributed by atoms with Gasteiger partial charge >= 0.3 is 0 Å². The minimum Gasteiger partial charge on any atom is -0.388 e. The molecule has 194 valence electrons. The summed E-state index contributed by atoms with van der Waals surface area (Å²) in [6.07, 6.45) is 19.6. The minimum atomic E-state index is 0.488. The Bertz CT molecular complexity index is 1350. The topological polar surface area (TPSA) is 84.0 Å². The van der Waals surface area contributed by atoms with Crippen LogP contribution < -0.4 is 11.1 Å². The molecule has 6 heteroatoms. The summed E-state index contributed by atoms with van der Waals surface area (Å²) in [6, 6.07) is 10.2. The lowest BCUT2D eigenvalue weighted by Crippen LogP contribution is -2.22. The lowest BCUT2D eigenvalue weighted by molar-refractivity contribution is 0.387. The van der Waals surface area contributed by atoms with Crippen LogP contribution in [0.3, 0.4) is 0 Å². The third-order valence-corrected chi connectivity index (χ3v) is 7.83. The van der Waals surface area contributed by atoms with Gasteiger partial charge in [-0.2, -0.15) is 0 Å². The van der Waals surface area contributed by atoms with Crippen LogP contribution in [0.2, 0.25) is 0 Å². The molecule has 6 nitrogen and oxygen atoms in total. The molecule has 0 spiro atoms. The second-order valence-corrected chi connectivity index (χ2v) is 10.5. The van der Waals surface area contributed by atoms with Gasteiger partial charge in [-0.3, -0.25) is 4.40 Å². The van der Waals surface area contributed by atoms with Crippen molar-refractivity contribution in [2.24, 2.45) is 5.92 Å². The average molecular weight is 497 g/mol. The maximum atomic E-state index is 6.02. The molecule has 2 aliphatic rings. The Labute approximate surface area is 220 Å². The molecule has 0 amide bonds. The summed E-state index contributed by atoms with van der Waals surface area (Å²) in [6.45, 7) is 7.29. The van der Waals surface area contributed by atoms with E-state index in [0.717, 1.165) is 46.1 Å². The molecule has 4 N–H and O–H groups in total. The first kappa shape index (κ1) is 25.1. The average Bonchev–Trinajstić information content (AvgIpc) is 3.52. The highest BCUT2D eigenvalue weighted by Gasteiger charge is 2.17. The van der Waals surface area contributed by atoms with Gasteiger partial charge in [-0.05, 0) is 69.9 Å². The number of hydrogen-bond acceptors (Lipinski definition) is 4. The Balaban J connectivity index is 0.000000154. The SMILES string of the molecule is C=C(NCCC1=CCCCC1)C1CCCCC1.Cc1nc(-c2cc3ccccc3[nH]2)c2c(N)nccn12. The number of hydrogen-bond donors (Lipinski definition) is 3. The van der Waals surface area contributed by atoms with Crippen LogP contribution in [0.4, 0.5) is 5.82 Å². The first-order valence-electron chi connectivity index (χ1n) is 13.9. The normalized spacial score (nSPS) is 16.3. The number of allylic oxidation sites excluding steroid dienone is 2. The Morgan fingerprint density at radius 2 is 2.00 bits per heavy atom. The van der Waals surface area contributed by atoms with E-state index in [1.165, 1.54) is 69.9 Å². The van der Waals surface area contributed by atoms with Gasteiger partial charge in [-0.25, -0.2) is 9.97 Å². The van der Waals surface area contributed by atoms with Crippen molar-refractivity contribution in [2.75, 3.05) is 12.3 Å². The second kappa shape index (κ2) is 11.7. The van der Waals surface area contributed by atoms with Gasteiger partial charge in [0.25, 0.3) is 0 Å². The highest BCUT2D eigenvalue weighted by atomic mass is 15.1. The van der Waals surface area contributed by atoms with E-state index in [9.17, 15) is 0 Å². The molecule has 3 heterocycles. The predicted octanol–water partition coefficient (Wildman–Crippen LogP) is 7.33. The highest BCUT2D eigenvalue weighted by Crippen LogP contribution is 2.30. The van der Waals surface area contributed by atoms with E-state index in [1.807, 2.05) is 35.7 Å². The number of fused-ring (bicyclic) bond motifs is 2. The van der Waals surface area contributed by atoms with Crippen molar-refractivity contribution in [1.29, 1.82) is 0 Å². The van der Waals surface area contributed by atoms with Gasteiger partial charge in [0.05, 0.1) is 5.69 Å². The van der Waals surface area contributed by atoms with Crippen molar-refractivity contribution in [2.45, 2.75) is 71.1 Å². The van der Waals surface area contributed by atoms with Crippen LogP contribution in [0.25, 0.3) is 27.8 Å². The fourth-order valence-electron chi connectivity index (χ4n) is 5.71. The third-order valence-electron chi connectivity index (χ3n) is 7.83. The molecule has 0 aliphatic heterocycles. The van der Waals surface area contributed by atoms with Crippen molar-refractivity contribution in [1.82, 2.24) is 24.7 Å². The summed E-state index contributed by atoms with van der Waals surface area (Å²) >= 11 is 0. The lowest BCUT2D eigenvalue weighted by Gasteiger charge is -2.25. The van der Waals surface area contributed by atoms with Gasteiger partial charge in [0.1, 0.15) is 22.9 Å². The van der Waals surface area contributed by atoms with Crippen LogP contribution >= 0.6 is 0 Å². The highest BCUT2D eigenvalue weighted by molar-refractivity contribution is 5.91. The molecule has 0 unspecified atom stereocenters. The van der Waals surface area contributed by atoms with Crippen molar-refractivity contribution < 1.29 is 0 Å². The van der Waals surface area contributed by atoms with Crippen LogP contribution in [0.5, 0.6) is 0 Å². The third kappa shape index (κ3) is 5.90. The molecule has 0 saturated heterocycles. The number of anilines is 1. The molecular formula is C31H40N6. The van der Waals surface area contributed by atoms with E-state index < -0.39 is 0 Å². The van der Waals surface area contributed by atoms with Gasteiger partial charge in [-0.1, -0.05) is 55.7 Å². The maximum absolute atomic E-state index is 6.02. The quantitative estimate of drug-likeness (QED) is 0.244. The fourth-order valence-corrected chi connectivity index (χ4v) is 5.71. The van der Waals surface area contributed by atoms with Crippen molar-refractivity contribution in [3.63, 3.8) is 0 Å². The zero-order valence-corrected chi connectivity index (χ0v) is 22.1. The Morgan fingerprint density at radius 1 is 1.16 bits per heavy atom. The zero-order chi connectivity index (χ0) is 25.6. The summed E-state index contributed by atoms with van der Waals surface area (Å²) in [7, 11) is 0. The summed E-state index contributed by atoms with van der Waals surface area (Å²) in [5, 5.41) is 4.72. The van der Waals surface area contributed by atoms with Gasteiger partial charge in [0.15, 0.2) is 0 Å². The van der Waals surface area contributed by atoms with Crippen molar-refractivity contribution >= 4 is 22.2 Å². The smallest absolute Gasteiger partial charge is 0.150 e. The molecule has 2 aliphatic carbocycles. The standard InChI is InChI=1S/C16H27N.C15H13N5/c1-14(16-10-6-3-7-11-16)17-13-12-15-8-4-2-5-9-15;1-9-18-13(14-15(16)17-6-7-20(9)14)12-8-10-4-2-3-5-11(10)19-12/h8,16-17H,1-7,9-13H2;2-8,19H,1H3,(H2,16,17). The number of nitrogens with two attached hydrogens (primary N) is 1. The van der Waals surface area contributed by atoms with Gasteiger partial charge in [0, 0.05) is 35.5 Å². The minimum absolute atomic E-state index is 0.488. The molecule has 1 saturated carbocycles. The number of nitrogen functional groups attached to an aromatic ring is 1. The molecule has 1 aromatic carbocycles. The molecule has 3 aromatic heterocycles. The van der Waals surface area contributed by atoms with Gasteiger partial charge in [0.2, 0.25) is 0 Å². The van der Waals surface area contributed by atoms with E-state index >= 15 is 0 Å². The maximum Gasteiger partial charge on any atom is 0.150 e. The predicted molar refractivity (Wildman–Crippen MR) is 154 cm³/mol. The Morgan fingerprint density at radius 3 is 2.78 bits per heavy atom. The number of nitrogens with zero attached hydrogens (tertiary/aromatic N) is 3. The number of para-hydroxylation sites is 1. The van der Waals surface area contributed by atoms with E-state index in [-0.39, 0.29) is 0 Å². The lowest BCUT2D eigenvalue weighted by atomic mass is 9.87. The largest absolute Gasteiger partial charge is 0.388 e. The first-order valence-corrected chi connectivity index (χ1v) is 13.9. The van der Waals surface area contributed by atoms with E-state index in [2.05, 4.69) is 45.1 Å². The molecule has 0 atom stereocenters. The van der Waals surface area contributed by atoms with Crippen molar-refractivity contribution in [3.05, 3.63) is 72.5 Å². The molecule has 1 fully saturated rings. The fraction of sp³-hybridized carbons (Fsp3) is 0.419. The summed E-state index contributed by atoms with van der Waals surface area (Å²) in [5.41, 5.74) is 12.7. The number of imidazole rings is 1. The monoisotopic (exact) mass is 496 g/mol. The summed E-state index contributed by atoms with van der Waals surface area (Å²) in [4.78, 5) is 12.2. The van der Waals surface area contributed by atoms with Crippen LogP contribution in [-0.2, 0) is 0 Å². The number of rotatable bonds is 6. The molecule has 37 heavy (non-hydrogen) atoms. The molecule has 0 bridgehead atoms. The van der Waals surface area contributed by atoms with Crippen LogP contribution in [0.1, 0.15) is 70.0 Å². The van der Waals surface area contributed by atoms with E-state index in [0.29, 0.717) is 5.82 Å².